The zero-order chi connectivity index (χ0) is 26.3. The maximum absolute atomic E-state index is 13.3. The summed E-state index contributed by atoms with van der Waals surface area (Å²) in [6, 6.07) is 10.7. The summed E-state index contributed by atoms with van der Waals surface area (Å²) in [5.41, 5.74) is 7.22. The molecule has 0 saturated carbocycles. The molecule has 2 aromatic rings. The summed E-state index contributed by atoms with van der Waals surface area (Å²) < 4.78 is 44.8. The molecule has 194 valence electrons. The van der Waals surface area contributed by atoms with Crippen LogP contribution in [0, 0.1) is 5.82 Å². The number of alkyl halides is 2. The average molecular weight is 508 g/mol. The van der Waals surface area contributed by atoms with Crippen LogP contribution in [0.25, 0.3) is 0 Å². The Labute approximate surface area is 206 Å². The maximum Gasteiger partial charge on any atom is 0.408 e. The quantitative estimate of drug-likeness (QED) is 0.454. The van der Waals surface area contributed by atoms with Gasteiger partial charge < -0.3 is 25.8 Å². The van der Waals surface area contributed by atoms with Crippen molar-refractivity contribution in [2.45, 2.75) is 43.8 Å². The van der Waals surface area contributed by atoms with Gasteiger partial charge in [-0.15, -0.1) is 0 Å². The number of piperidine rings is 1. The summed E-state index contributed by atoms with van der Waals surface area (Å²) in [5.74, 6) is -5.77. The number of rotatable bonds is 10. The monoisotopic (exact) mass is 507 g/mol. The van der Waals surface area contributed by atoms with Gasteiger partial charge in [0.25, 0.3) is 5.92 Å². The molecule has 11 heteroatoms. The van der Waals surface area contributed by atoms with Gasteiger partial charge in [0.2, 0.25) is 5.91 Å². The third-order valence-electron chi connectivity index (χ3n) is 6.08. The Morgan fingerprint density at radius 1 is 1.03 bits per heavy atom. The van der Waals surface area contributed by atoms with Gasteiger partial charge in [-0.05, 0) is 35.2 Å². The Bertz CT molecular complexity index is 1050. The fraction of sp³-hybridized carbons (Fsp3) is 0.400. The number of carboxylic acids is 1. The van der Waals surface area contributed by atoms with Crippen molar-refractivity contribution in [2.24, 2.45) is 5.73 Å². The van der Waals surface area contributed by atoms with Crippen LogP contribution in [0.3, 0.4) is 0 Å². The number of carboxylic acid groups (broad SMARTS) is 1. The minimum Gasteiger partial charge on any atom is -0.480 e. The SMILES string of the molecule is NC(=O)C(c1ccc(F)cc1)c1ccc(COC(=O)N[C@@H](CCN2CCC(F)(F)CC2)C(=O)O)cc1. The van der Waals surface area contributed by atoms with E-state index in [9.17, 15) is 32.7 Å². The van der Waals surface area contributed by atoms with Gasteiger partial charge in [-0.1, -0.05) is 36.4 Å². The number of hydrogen-bond acceptors (Lipinski definition) is 5. The molecule has 3 rings (SSSR count). The Balaban J connectivity index is 1.51. The molecule has 8 nitrogen and oxygen atoms in total. The van der Waals surface area contributed by atoms with Crippen LogP contribution in [0.1, 0.15) is 41.9 Å². The Morgan fingerprint density at radius 3 is 2.11 bits per heavy atom. The lowest BCUT2D eigenvalue weighted by molar-refractivity contribution is -0.139. The van der Waals surface area contributed by atoms with E-state index >= 15 is 0 Å². The predicted molar refractivity (Wildman–Crippen MR) is 124 cm³/mol. The van der Waals surface area contributed by atoms with Crippen molar-refractivity contribution >= 4 is 18.0 Å². The summed E-state index contributed by atoms with van der Waals surface area (Å²) in [4.78, 5) is 37.4. The van der Waals surface area contributed by atoms with Gasteiger partial charge in [-0.2, -0.15) is 0 Å². The van der Waals surface area contributed by atoms with Crippen LogP contribution in [0.15, 0.2) is 48.5 Å². The van der Waals surface area contributed by atoms with E-state index < -0.39 is 41.7 Å². The van der Waals surface area contributed by atoms with E-state index in [-0.39, 0.29) is 45.5 Å². The van der Waals surface area contributed by atoms with Crippen molar-refractivity contribution in [3.8, 4) is 0 Å². The number of primary amides is 1. The predicted octanol–water partition coefficient (Wildman–Crippen LogP) is 3.24. The molecule has 2 aromatic carbocycles. The number of hydrogen-bond donors (Lipinski definition) is 3. The minimum absolute atomic E-state index is 0.0442. The molecule has 1 fully saturated rings. The highest BCUT2D eigenvalue weighted by atomic mass is 19.3. The number of halogens is 3. The lowest BCUT2D eigenvalue weighted by Gasteiger charge is -2.32. The Hall–Kier alpha value is -3.60. The number of carbonyl (C=O) groups is 3. The molecule has 0 spiro atoms. The lowest BCUT2D eigenvalue weighted by Crippen LogP contribution is -2.45. The molecule has 2 amide bonds. The van der Waals surface area contributed by atoms with Crippen LogP contribution in [-0.4, -0.2) is 59.6 Å². The Morgan fingerprint density at radius 2 is 1.58 bits per heavy atom. The molecule has 36 heavy (non-hydrogen) atoms. The molecule has 0 bridgehead atoms. The molecule has 1 saturated heterocycles. The second kappa shape index (κ2) is 11.9. The molecular weight excluding hydrogens is 479 g/mol. The smallest absolute Gasteiger partial charge is 0.408 e. The van der Waals surface area contributed by atoms with Gasteiger partial charge in [0.1, 0.15) is 18.5 Å². The van der Waals surface area contributed by atoms with E-state index in [2.05, 4.69) is 5.32 Å². The van der Waals surface area contributed by atoms with Crippen molar-refractivity contribution in [2.75, 3.05) is 19.6 Å². The van der Waals surface area contributed by atoms with E-state index in [4.69, 9.17) is 10.5 Å². The lowest BCUT2D eigenvalue weighted by atomic mass is 9.90. The molecule has 1 aliphatic heterocycles. The van der Waals surface area contributed by atoms with Crippen molar-refractivity contribution in [1.29, 1.82) is 0 Å². The van der Waals surface area contributed by atoms with Crippen LogP contribution in [0.4, 0.5) is 18.0 Å². The first-order chi connectivity index (χ1) is 17.0. The molecule has 4 N–H and O–H groups in total. The standard InChI is InChI=1S/C25H28F3N3O5/c26-19-7-5-18(6-8-19)21(22(29)32)17-3-1-16(2-4-17)15-36-24(35)30-20(23(33)34)9-12-31-13-10-25(27,28)11-14-31/h1-8,20-21H,9-15H2,(H2,29,32)(H,30,35)(H,33,34)/t20-,21?/m0/s1. The third kappa shape index (κ3) is 7.70. The topological polar surface area (TPSA) is 122 Å². The average Bonchev–Trinajstić information content (AvgIpc) is 2.83. The third-order valence-corrected chi connectivity index (χ3v) is 6.08. The van der Waals surface area contributed by atoms with E-state index in [1.807, 2.05) is 0 Å². The number of ether oxygens (including phenoxy) is 1. The minimum atomic E-state index is -2.69. The first-order valence-electron chi connectivity index (χ1n) is 11.4. The molecule has 1 unspecified atom stereocenters. The van der Waals surface area contributed by atoms with E-state index in [1.54, 1.807) is 29.2 Å². The summed E-state index contributed by atoms with van der Waals surface area (Å²) in [5, 5.41) is 11.7. The zero-order valence-electron chi connectivity index (χ0n) is 19.5. The molecular formula is C25H28F3N3O5. The second-order valence-corrected chi connectivity index (χ2v) is 8.73. The summed E-state index contributed by atoms with van der Waals surface area (Å²) >= 11 is 0. The maximum atomic E-state index is 13.3. The zero-order valence-corrected chi connectivity index (χ0v) is 19.5. The molecule has 0 aliphatic carbocycles. The van der Waals surface area contributed by atoms with Crippen molar-refractivity contribution in [1.82, 2.24) is 10.2 Å². The second-order valence-electron chi connectivity index (χ2n) is 8.73. The molecule has 2 atom stereocenters. The van der Waals surface area contributed by atoms with Crippen molar-refractivity contribution < 1.29 is 37.4 Å². The fourth-order valence-corrected chi connectivity index (χ4v) is 3.99. The van der Waals surface area contributed by atoms with E-state index in [0.29, 0.717) is 16.7 Å². The molecule has 1 heterocycles. The van der Waals surface area contributed by atoms with Crippen molar-refractivity contribution in [3.63, 3.8) is 0 Å². The highest BCUT2D eigenvalue weighted by Crippen LogP contribution is 2.28. The first kappa shape index (κ1) is 27.0. The number of nitrogens with zero attached hydrogens (tertiary/aromatic N) is 1. The summed E-state index contributed by atoms with van der Waals surface area (Å²) in [7, 11) is 0. The van der Waals surface area contributed by atoms with Crippen LogP contribution < -0.4 is 11.1 Å². The highest BCUT2D eigenvalue weighted by molar-refractivity contribution is 5.85. The largest absolute Gasteiger partial charge is 0.480 e. The number of nitrogens with one attached hydrogen (secondary N) is 1. The van der Waals surface area contributed by atoms with E-state index in [1.165, 1.54) is 24.3 Å². The number of benzene rings is 2. The summed E-state index contributed by atoms with van der Waals surface area (Å²) in [6.45, 7) is 0.427. The number of likely N-dealkylation sites (tertiary alicyclic amines) is 1. The van der Waals surface area contributed by atoms with Gasteiger partial charge >= 0.3 is 12.1 Å². The number of aliphatic carboxylic acids is 1. The van der Waals surface area contributed by atoms with Gasteiger partial charge in [0.15, 0.2) is 0 Å². The molecule has 1 aliphatic rings. The highest BCUT2D eigenvalue weighted by Gasteiger charge is 2.34. The van der Waals surface area contributed by atoms with Crippen LogP contribution in [0.5, 0.6) is 0 Å². The van der Waals surface area contributed by atoms with Gasteiger partial charge in [0.05, 0.1) is 5.92 Å². The summed E-state index contributed by atoms with van der Waals surface area (Å²) in [6.07, 6.45) is -1.44. The van der Waals surface area contributed by atoms with Crippen LogP contribution >= 0.6 is 0 Å². The Kier molecular flexibility index (Phi) is 8.92. The number of carbonyl (C=O) groups excluding carboxylic acids is 2. The van der Waals surface area contributed by atoms with Gasteiger partial charge in [-0.3, -0.25) is 4.79 Å². The van der Waals surface area contributed by atoms with Crippen LogP contribution in [0.2, 0.25) is 0 Å². The van der Waals surface area contributed by atoms with Crippen molar-refractivity contribution in [3.05, 3.63) is 71.0 Å². The van der Waals surface area contributed by atoms with E-state index in [0.717, 1.165) is 0 Å². The molecule has 0 radical (unpaired) electrons. The number of alkyl carbamates (subject to hydrolysis) is 1. The van der Waals surface area contributed by atoms with Gasteiger partial charge in [-0.25, -0.2) is 22.8 Å². The first-order valence-corrected chi connectivity index (χ1v) is 11.4. The molecule has 0 aromatic heterocycles. The fourth-order valence-electron chi connectivity index (χ4n) is 3.99. The number of amides is 2. The van der Waals surface area contributed by atoms with Gasteiger partial charge in [0, 0.05) is 32.5 Å². The normalized spacial score (nSPS) is 17.1. The number of nitrogens with two attached hydrogens (primary N) is 1. The van der Waals surface area contributed by atoms with Crippen LogP contribution in [-0.2, 0) is 20.9 Å².